The van der Waals surface area contributed by atoms with E-state index in [1.807, 2.05) is 6.20 Å². The van der Waals surface area contributed by atoms with Gasteiger partial charge in [0, 0.05) is 29.2 Å². The number of nitrogens with two attached hydrogens (primary N) is 1. The summed E-state index contributed by atoms with van der Waals surface area (Å²) in [6.07, 6.45) is 7.06. The van der Waals surface area contributed by atoms with E-state index in [1.54, 1.807) is 6.20 Å². The number of carbonyl (C=O) groups excluding carboxylic acids is 1. The molecule has 5 rings (SSSR count). The lowest BCUT2D eigenvalue weighted by Gasteiger charge is -2.26. The van der Waals surface area contributed by atoms with Crippen LogP contribution in [0.25, 0.3) is 27.8 Å². The Kier molecular flexibility index (Phi) is 4.46. The first-order valence-electron chi connectivity index (χ1n) is 10.4. The van der Waals surface area contributed by atoms with E-state index < -0.39 is 0 Å². The van der Waals surface area contributed by atoms with Crippen LogP contribution in [0.3, 0.4) is 0 Å². The molecule has 1 aromatic carbocycles. The average molecular weight is 403 g/mol. The number of methoxy groups -OCH3 is 1. The Labute approximate surface area is 174 Å². The average Bonchev–Trinajstić information content (AvgIpc) is 3.37. The molecule has 30 heavy (non-hydrogen) atoms. The second-order valence-corrected chi connectivity index (χ2v) is 8.14. The maximum atomic E-state index is 11.9. The molecule has 0 saturated heterocycles. The van der Waals surface area contributed by atoms with E-state index in [0.717, 1.165) is 59.3 Å². The van der Waals surface area contributed by atoms with Gasteiger partial charge in [-0.3, -0.25) is 9.20 Å². The number of nitrogens with one attached hydrogen (secondary N) is 1. The molecule has 0 aliphatic heterocycles. The fourth-order valence-corrected chi connectivity index (χ4v) is 4.75. The lowest BCUT2D eigenvalue weighted by atomic mass is 9.81. The second kappa shape index (κ2) is 7.16. The number of para-hydroxylation sites is 1. The van der Waals surface area contributed by atoms with Gasteiger partial charge in [0.05, 0.1) is 18.7 Å². The number of hydrogen-bond acceptors (Lipinski definition) is 5. The summed E-state index contributed by atoms with van der Waals surface area (Å²) >= 11 is 0. The zero-order chi connectivity index (χ0) is 20.8. The van der Waals surface area contributed by atoms with Gasteiger partial charge in [-0.1, -0.05) is 18.2 Å². The largest absolute Gasteiger partial charge is 0.469 e. The molecule has 7 nitrogen and oxygen atoms in total. The van der Waals surface area contributed by atoms with Gasteiger partial charge in [0.2, 0.25) is 0 Å². The molecular formula is C23H25N5O2. The highest BCUT2D eigenvalue weighted by atomic mass is 16.5. The zero-order valence-corrected chi connectivity index (χ0v) is 17.2. The lowest BCUT2D eigenvalue weighted by molar-refractivity contribution is -0.146. The molecule has 3 N–H and O–H groups in total. The number of hydrogen-bond donors (Lipinski definition) is 2. The van der Waals surface area contributed by atoms with Gasteiger partial charge in [-0.05, 0) is 44.2 Å². The summed E-state index contributed by atoms with van der Waals surface area (Å²) in [5.74, 6) is 1.59. The molecule has 1 aliphatic carbocycles. The highest BCUT2D eigenvalue weighted by molar-refractivity contribution is 5.92. The van der Waals surface area contributed by atoms with Crippen molar-refractivity contribution in [1.82, 2.24) is 19.4 Å². The predicted octanol–water partition coefficient (Wildman–Crippen LogP) is 4.22. The molecule has 0 unspecified atom stereocenters. The van der Waals surface area contributed by atoms with Crippen LogP contribution in [0.4, 0.5) is 5.82 Å². The Balaban J connectivity index is 1.59. The second-order valence-electron chi connectivity index (χ2n) is 8.14. The molecule has 4 aromatic rings. The minimum atomic E-state index is -0.107. The van der Waals surface area contributed by atoms with E-state index in [2.05, 4.69) is 45.6 Å². The van der Waals surface area contributed by atoms with Gasteiger partial charge in [-0.2, -0.15) is 0 Å². The molecule has 154 valence electrons. The van der Waals surface area contributed by atoms with E-state index in [0.29, 0.717) is 5.82 Å². The van der Waals surface area contributed by atoms with Crippen LogP contribution in [0.2, 0.25) is 0 Å². The Morgan fingerprint density at radius 1 is 1.27 bits per heavy atom. The van der Waals surface area contributed by atoms with Gasteiger partial charge in [0.15, 0.2) is 0 Å². The number of aromatic nitrogens is 4. The van der Waals surface area contributed by atoms with Crippen molar-refractivity contribution in [3.05, 3.63) is 48.0 Å². The maximum absolute atomic E-state index is 11.9. The van der Waals surface area contributed by atoms with Crippen molar-refractivity contribution in [2.45, 2.75) is 38.5 Å². The van der Waals surface area contributed by atoms with E-state index in [1.165, 1.54) is 12.7 Å². The summed E-state index contributed by atoms with van der Waals surface area (Å²) < 4.78 is 7.00. The molecule has 3 heterocycles. The third-order valence-electron chi connectivity index (χ3n) is 6.36. The third-order valence-corrected chi connectivity index (χ3v) is 6.36. The molecule has 7 heteroatoms. The molecule has 1 fully saturated rings. The standard InChI is InChI=1S/C23H25N5O2/c1-13-4-3-5-16-12-17(26-18(13)16)19-20-21(24)25-10-11-28(20)22(27-19)14-6-8-15(9-7-14)23(29)30-2/h3-5,10-12,14-15,26H,6-9H2,1-2H3,(H2,24,25). The molecule has 0 atom stereocenters. The summed E-state index contributed by atoms with van der Waals surface area (Å²) in [6.45, 7) is 2.09. The monoisotopic (exact) mass is 403 g/mol. The molecule has 0 spiro atoms. The highest BCUT2D eigenvalue weighted by Gasteiger charge is 2.31. The first kappa shape index (κ1) is 18.7. The number of H-pyrrole nitrogens is 1. The number of aromatic amines is 1. The summed E-state index contributed by atoms with van der Waals surface area (Å²) in [5, 5.41) is 1.15. The van der Waals surface area contributed by atoms with Gasteiger partial charge >= 0.3 is 5.97 Å². The van der Waals surface area contributed by atoms with Crippen molar-refractivity contribution in [3.63, 3.8) is 0 Å². The van der Waals surface area contributed by atoms with Crippen molar-refractivity contribution in [2.24, 2.45) is 5.92 Å². The van der Waals surface area contributed by atoms with Crippen molar-refractivity contribution in [1.29, 1.82) is 0 Å². The minimum Gasteiger partial charge on any atom is -0.469 e. The van der Waals surface area contributed by atoms with Crippen molar-refractivity contribution in [2.75, 3.05) is 12.8 Å². The highest BCUT2D eigenvalue weighted by Crippen LogP contribution is 2.39. The SMILES string of the molecule is COC(=O)C1CCC(c2nc(-c3cc4cccc(C)c4[nH]3)c3c(N)nccn23)CC1. The summed E-state index contributed by atoms with van der Waals surface area (Å²) in [4.78, 5) is 24.8. The number of carbonyl (C=O) groups is 1. The van der Waals surface area contributed by atoms with Crippen LogP contribution in [0, 0.1) is 12.8 Å². The summed E-state index contributed by atoms with van der Waals surface area (Å²) in [5.41, 5.74) is 11.2. The Hall–Kier alpha value is -3.35. The first-order valence-corrected chi connectivity index (χ1v) is 10.4. The number of esters is 1. The van der Waals surface area contributed by atoms with E-state index >= 15 is 0 Å². The van der Waals surface area contributed by atoms with E-state index in [9.17, 15) is 4.79 Å². The van der Waals surface area contributed by atoms with Gasteiger partial charge in [0.1, 0.15) is 22.9 Å². The van der Waals surface area contributed by atoms with Crippen LogP contribution >= 0.6 is 0 Å². The molecular weight excluding hydrogens is 378 g/mol. The Morgan fingerprint density at radius 3 is 2.80 bits per heavy atom. The number of ether oxygens (including phenoxy) is 1. The Morgan fingerprint density at radius 2 is 2.07 bits per heavy atom. The van der Waals surface area contributed by atoms with E-state index in [4.69, 9.17) is 15.5 Å². The normalized spacial score (nSPS) is 19.4. The van der Waals surface area contributed by atoms with Gasteiger partial charge < -0.3 is 15.5 Å². The van der Waals surface area contributed by atoms with Crippen LogP contribution in [-0.4, -0.2) is 32.4 Å². The summed E-state index contributed by atoms with van der Waals surface area (Å²) in [7, 11) is 1.46. The smallest absolute Gasteiger partial charge is 0.308 e. The number of anilines is 1. The molecule has 1 saturated carbocycles. The maximum Gasteiger partial charge on any atom is 0.308 e. The number of imidazole rings is 1. The van der Waals surface area contributed by atoms with Crippen molar-refractivity contribution in [3.8, 4) is 11.4 Å². The van der Waals surface area contributed by atoms with Crippen molar-refractivity contribution >= 4 is 28.2 Å². The number of rotatable bonds is 3. The Bertz CT molecular complexity index is 1250. The van der Waals surface area contributed by atoms with Crippen LogP contribution in [0.5, 0.6) is 0 Å². The van der Waals surface area contributed by atoms with Gasteiger partial charge in [-0.15, -0.1) is 0 Å². The fraction of sp³-hybridized carbons (Fsp3) is 0.348. The van der Waals surface area contributed by atoms with Crippen LogP contribution in [-0.2, 0) is 9.53 Å². The fourth-order valence-electron chi connectivity index (χ4n) is 4.75. The molecule has 3 aromatic heterocycles. The van der Waals surface area contributed by atoms with Crippen molar-refractivity contribution < 1.29 is 9.53 Å². The van der Waals surface area contributed by atoms with Gasteiger partial charge in [-0.25, -0.2) is 9.97 Å². The zero-order valence-electron chi connectivity index (χ0n) is 17.2. The lowest BCUT2D eigenvalue weighted by Crippen LogP contribution is -2.23. The number of nitrogen functional groups attached to an aromatic ring is 1. The first-order chi connectivity index (χ1) is 14.6. The molecule has 0 amide bonds. The molecule has 1 aliphatic rings. The summed E-state index contributed by atoms with van der Waals surface area (Å²) in [6, 6.07) is 8.36. The molecule has 0 radical (unpaired) electrons. The van der Waals surface area contributed by atoms with E-state index in [-0.39, 0.29) is 17.8 Å². The number of fused-ring (bicyclic) bond motifs is 2. The number of benzene rings is 1. The quantitative estimate of drug-likeness (QED) is 0.499. The number of aryl methyl sites for hydroxylation is 1. The van der Waals surface area contributed by atoms with Gasteiger partial charge in [0.25, 0.3) is 0 Å². The predicted molar refractivity (Wildman–Crippen MR) is 116 cm³/mol. The van der Waals surface area contributed by atoms with Crippen LogP contribution in [0.1, 0.15) is 43.0 Å². The van der Waals surface area contributed by atoms with Crippen LogP contribution in [0.15, 0.2) is 36.7 Å². The topological polar surface area (TPSA) is 98.3 Å². The molecule has 0 bridgehead atoms. The number of nitrogens with zero attached hydrogens (tertiary/aromatic N) is 3. The minimum absolute atomic E-state index is 0.0136. The third kappa shape index (κ3) is 2.93. The van der Waals surface area contributed by atoms with Crippen LogP contribution < -0.4 is 5.73 Å².